The third-order valence-corrected chi connectivity index (χ3v) is 3.66. The first kappa shape index (κ1) is 11.8. The van der Waals surface area contributed by atoms with Gasteiger partial charge in [0, 0.05) is 18.9 Å². The Morgan fingerprint density at radius 1 is 1.50 bits per heavy atom. The number of nitrogens with two attached hydrogens (primary N) is 1. The van der Waals surface area contributed by atoms with Crippen LogP contribution >= 0.6 is 11.8 Å². The molecule has 0 aliphatic heterocycles. The summed E-state index contributed by atoms with van der Waals surface area (Å²) in [5.41, 5.74) is 7.30. The molecule has 0 atom stereocenters. The summed E-state index contributed by atoms with van der Waals surface area (Å²) in [5.74, 6) is 3.96. The molecule has 0 aromatic carbocycles. The van der Waals surface area contributed by atoms with E-state index >= 15 is 0 Å². The predicted octanol–water partition coefficient (Wildman–Crippen LogP) is 2.66. The van der Waals surface area contributed by atoms with Gasteiger partial charge in [-0.2, -0.15) is 11.8 Å². The summed E-state index contributed by atoms with van der Waals surface area (Å²) in [7, 11) is 0. The van der Waals surface area contributed by atoms with Crippen molar-refractivity contribution in [2.24, 2.45) is 0 Å². The van der Waals surface area contributed by atoms with Crippen LogP contribution in [0.2, 0.25) is 0 Å². The molecule has 0 radical (unpaired) electrons. The molecule has 3 nitrogen and oxygen atoms in total. The average Bonchev–Trinajstić information content (AvgIpc) is 3.06. The number of hydrogen-bond acceptors (Lipinski definition) is 3. The van der Waals surface area contributed by atoms with E-state index in [-0.39, 0.29) is 0 Å². The number of aryl methyl sites for hydroxylation is 1. The first-order chi connectivity index (χ1) is 7.77. The molecule has 0 unspecified atom stereocenters. The quantitative estimate of drug-likeness (QED) is 0.830. The van der Waals surface area contributed by atoms with Gasteiger partial charge in [0.1, 0.15) is 11.6 Å². The van der Waals surface area contributed by atoms with Crippen LogP contribution in [-0.4, -0.2) is 21.6 Å². The van der Waals surface area contributed by atoms with Crippen molar-refractivity contribution in [1.82, 2.24) is 9.55 Å². The maximum atomic E-state index is 6.19. The van der Waals surface area contributed by atoms with E-state index in [1.807, 2.05) is 11.8 Å². The molecule has 90 valence electrons. The van der Waals surface area contributed by atoms with Crippen LogP contribution in [0.5, 0.6) is 0 Å². The summed E-state index contributed by atoms with van der Waals surface area (Å²) < 4.78 is 2.24. The van der Waals surface area contributed by atoms with Crippen molar-refractivity contribution in [3.63, 3.8) is 0 Å². The molecule has 1 aromatic heterocycles. The van der Waals surface area contributed by atoms with Crippen molar-refractivity contribution in [2.45, 2.75) is 45.1 Å². The van der Waals surface area contributed by atoms with Gasteiger partial charge >= 0.3 is 0 Å². The van der Waals surface area contributed by atoms with Gasteiger partial charge < -0.3 is 10.3 Å². The number of imidazole rings is 1. The lowest BCUT2D eigenvalue weighted by molar-refractivity contribution is 0.646. The highest BCUT2D eigenvalue weighted by Gasteiger charge is 2.30. The zero-order valence-electron chi connectivity index (χ0n) is 10.2. The molecular weight excluding hydrogens is 218 g/mol. The van der Waals surface area contributed by atoms with Gasteiger partial charge in [0.05, 0.1) is 5.69 Å². The zero-order chi connectivity index (χ0) is 11.5. The van der Waals surface area contributed by atoms with E-state index < -0.39 is 0 Å². The molecule has 1 heterocycles. The lowest BCUT2D eigenvalue weighted by atomic mass is 10.3. The largest absolute Gasteiger partial charge is 0.384 e. The number of rotatable bonds is 6. The predicted molar refractivity (Wildman–Crippen MR) is 71.0 cm³/mol. The Morgan fingerprint density at radius 2 is 2.25 bits per heavy atom. The molecule has 16 heavy (non-hydrogen) atoms. The second-order valence-corrected chi connectivity index (χ2v) is 5.46. The highest BCUT2D eigenvalue weighted by atomic mass is 32.2. The fourth-order valence-corrected chi connectivity index (χ4v) is 2.43. The van der Waals surface area contributed by atoms with E-state index in [2.05, 4.69) is 17.7 Å². The Balaban J connectivity index is 2.21. The molecule has 0 bridgehead atoms. The van der Waals surface area contributed by atoms with Crippen LogP contribution in [0.3, 0.4) is 0 Å². The van der Waals surface area contributed by atoms with E-state index in [1.165, 1.54) is 18.7 Å². The molecule has 0 spiro atoms. The van der Waals surface area contributed by atoms with Gasteiger partial charge in [0.2, 0.25) is 0 Å². The maximum Gasteiger partial charge on any atom is 0.126 e. The van der Waals surface area contributed by atoms with Crippen LogP contribution in [0.1, 0.15) is 43.6 Å². The minimum Gasteiger partial charge on any atom is -0.384 e. The number of hydrogen-bond donors (Lipinski definition) is 1. The van der Waals surface area contributed by atoms with Crippen LogP contribution < -0.4 is 5.73 Å². The molecule has 2 rings (SSSR count). The van der Waals surface area contributed by atoms with Crippen LogP contribution in [0.25, 0.3) is 0 Å². The monoisotopic (exact) mass is 239 g/mol. The van der Waals surface area contributed by atoms with E-state index in [0.29, 0.717) is 5.92 Å². The summed E-state index contributed by atoms with van der Waals surface area (Å²) in [5, 5.41) is 0. The van der Waals surface area contributed by atoms with E-state index in [0.717, 1.165) is 36.7 Å². The Kier molecular flexibility index (Phi) is 3.79. The standard InChI is InChI=1S/C12H21N3S/c1-3-7-15-11(13)10(6-8-16-2)14-12(15)9-4-5-9/h9H,3-8,13H2,1-2H3. The third-order valence-electron chi connectivity index (χ3n) is 3.05. The number of anilines is 1. The molecule has 1 aliphatic rings. The van der Waals surface area contributed by atoms with Crippen molar-refractivity contribution in [3.05, 3.63) is 11.5 Å². The van der Waals surface area contributed by atoms with Crippen molar-refractivity contribution in [3.8, 4) is 0 Å². The Labute approximate surface area is 102 Å². The maximum absolute atomic E-state index is 6.19. The number of aromatic nitrogens is 2. The molecule has 0 saturated heterocycles. The van der Waals surface area contributed by atoms with Gasteiger partial charge in [0.15, 0.2) is 0 Å². The van der Waals surface area contributed by atoms with Crippen LogP contribution in [-0.2, 0) is 13.0 Å². The van der Waals surface area contributed by atoms with Gasteiger partial charge in [-0.1, -0.05) is 6.92 Å². The van der Waals surface area contributed by atoms with Crippen molar-refractivity contribution in [1.29, 1.82) is 0 Å². The van der Waals surface area contributed by atoms with Crippen molar-refractivity contribution < 1.29 is 0 Å². The van der Waals surface area contributed by atoms with Crippen LogP contribution in [0.15, 0.2) is 0 Å². The summed E-state index contributed by atoms with van der Waals surface area (Å²) in [6.07, 6.45) is 6.84. The van der Waals surface area contributed by atoms with E-state index in [4.69, 9.17) is 10.7 Å². The summed E-state index contributed by atoms with van der Waals surface area (Å²) in [6, 6.07) is 0. The molecule has 0 amide bonds. The van der Waals surface area contributed by atoms with Crippen LogP contribution in [0, 0.1) is 0 Å². The lowest BCUT2D eigenvalue weighted by Crippen LogP contribution is -2.06. The molecular formula is C12H21N3S. The highest BCUT2D eigenvalue weighted by Crippen LogP contribution is 2.40. The lowest BCUT2D eigenvalue weighted by Gasteiger charge is -2.07. The second-order valence-electron chi connectivity index (χ2n) is 4.47. The SMILES string of the molecule is CCCn1c(C2CC2)nc(CCSC)c1N. The van der Waals surface area contributed by atoms with Gasteiger partial charge in [-0.3, -0.25) is 0 Å². The fraction of sp³-hybridized carbons (Fsp3) is 0.750. The average molecular weight is 239 g/mol. The fourth-order valence-electron chi connectivity index (χ4n) is 2.03. The number of nitrogen functional groups attached to an aromatic ring is 1. The van der Waals surface area contributed by atoms with Crippen molar-refractivity contribution in [2.75, 3.05) is 17.7 Å². The first-order valence-electron chi connectivity index (χ1n) is 6.11. The smallest absolute Gasteiger partial charge is 0.126 e. The minimum atomic E-state index is 0.692. The summed E-state index contributed by atoms with van der Waals surface area (Å²) in [4.78, 5) is 4.75. The summed E-state index contributed by atoms with van der Waals surface area (Å²) in [6.45, 7) is 3.21. The Morgan fingerprint density at radius 3 is 2.81 bits per heavy atom. The van der Waals surface area contributed by atoms with Gasteiger partial charge in [-0.15, -0.1) is 0 Å². The zero-order valence-corrected chi connectivity index (χ0v) is 11.0. The van der Waals surface area contributed by atoms with E-state index in [9.17, 15) is 0 Å². The molecule has 1 aromatic rings. The van der Waals surface area contributed by atoms with Gasteiger partial charge in [-0.05, 0) is 31.3 Å². The van der Waals surface area contributed by atoms with Crippen LogP contribution in [0.4, 0.5) is 5.82 Å². The molecule has 4 heteroatoms. The van der Waals surface area contributed by atoms with Crippen molar-refractivity contribution >= 4 is 17.6 Å². The second kappa shape index (κ2) is 5.13. The summed E-state index contributed by atoms with van der Waals surface area (Å²) >= 11 is 1.85. The first-order valence-corrected chi connectivity index (χ1v) is 7.51. The molecule has 1 fully saturated rings. The third kappa shape index (κ3) is 2.37. The Hall–Kier alpha value is -0.640. The molecule has 1 aliphatic carbocycles. The molecule has 1 saturated carbocycles. The highest BCUT2D eigenvalue weighted by molar-refractivity contribution is 7.98. The van der Waals surface area contributed by atoms with Gasteiger partial charge in [-0.25, -0.2) is 4.98 Å². The van der Waals surface area contributed by atoms with Gasteiger partial charge in [0.25, 0.3) is 0 Å². The van der Waals surface area contributed by atoms with E-state index in [1.54, 1.807) is 0 Å². The topological polar surface area (TPSA) is 43.8 Å². The number of nitrogens with zero attached hydrogens (tertiary/aromatic N) is 2. The number of thioether (sulfide) groups is 1. The normalized spacial score (nSPS) is 15.6. The molecule has 2 N–H and O–H groups in total. The Bertz CT molecular complexity index is 355. The minimum absolute atomic E-state index is 0.692.